The largest absolute Gasteiger partial charge is 0.338 e. The summed E-state index contributed by atoms with van der Waals surface area (Å²) in [7, 11) is 0. The minimum Gasteiger partial charge on any atom is -0.338 e. The summed E-state index contributed by atoms with van der Waals surface area (Å²) in [6.45, 7) is 0. The Bertz CT molecular complexity index is 455. The van der Waals surface area contributed by atoms with Gasteiger partial charge in [-0.1, -0.05) is 49.6 Å². The van der Waals surface area contributed by atoms with Gasteiger partial charge in [-0.3, -0.25) is 4.79 Å². The van der Waals surface area contributed by atoms with Crippen LogP contribution in [0.3, 0.4) is 0 Å². The van der Waals surface area contributed by atoms with E-state index in [2.05, 4.69) is 11.4 Å². The lowest BCUT2D eigenvalue weighted by atomic mass is 9.82. The maximum Gasteiger partial charge on any atom is 0.221 e. The van der Waals surface area contributed by atoms with E-state index < -0.39 is 5.54 Å². The number of nitrogens with one attached hydrogen (secondary N) is 1. The quantitative estimate of drug-likeness (QED) is 0.900. The number of hydrogen-bond acceptors (Lipinski definition) is 2. The van der Waals surface area contributed by atoms with Crippen molar-refractivity contribution >= 4 is 5.91 Å². The Balaban J connectivity index is 1.85. The van der Waals surface area contributed by atoms with Crippen LogP contribution in [-0.4, -0.2) is 11.4 Å². The van der Waals surface area contributed by atoms with E-state index in [1.807, 2.05) is 30.3 Å². The molecule has 1 fully saturated rings. The molecule has 1 amide bonds. The standard InChI is InChI=1S/C16H20N2O/c17-13-16(11-5-2-6-12-16)18-15(19)10-9-14-7-3-1-4-8-14/h1,3-4,7-8H,2,5-6,9-12H2,(H,18,19). The minimum atomic E-state index is -0.605. The van der Waals surface area contributed by atoms with Crippen molar-refractivity contribution in [3.8, 4) is 6.07 Å². The van der Waals surface area contributed by atoms with E-state index in [1.54, 1.807) is 0 Å². The van der Waals surface area contributed by atoms with E-state index in [1.165, 1.54) is 6.42 Å². The Kier molecular flexibility index (Phi) is 4.57. The summed E-state index contributed by atoms with van der Waals surface area (Å²) in [4.78, 5) is 12.0. The minimum absolute atomic E-state index is 0.00713. The third kappa shape index (κ3) is 3.82. The molecule has 0 unspecified atom stereocenters. The molecule has 1 aliphatic rings. The lowest BCUT2D eigenvalue weighted by Gasteiger charge is -2.31. The van der Waals surface area contributed by atoms with Crippen LogP contribution in [0.5, 0.6) is 0 Å². The van der Waals surface area contributed by atoms with Crippen LogP contribution in [0.1, 0.15) is 44.1 Å². The van der Waals surface area contributed by atoms with Gasteiger partial charge in [-0.05, 0) is 24.8 Å². The third-order valence-corrected chi connectivity index (χ3v) is 3.78. The van der Waals surface area contributed by atoms with Crippen LogP contribution in [0.15, 0.2) is 30.3 Å². The van der Waals surface area contributed by atoms with E-state index in [-0.39, 0.29) is 5.91 Å². The fourth-order valence-corrected chi connectivity index (χ4v) is 2.65. The van der Waals surface area contributed by atoms with Crippen molar-refractivity contribution in [1.29, 1.82) is 5.26 Å². The average molecular weight is 256 g/mol. The number of carbonyl (C=O) groups is 1. The zero-order valence-corrected chi connectivity index (χ0v) is 11.2. The summed E-state index contributed by atoms with van der Waals surface area (Å²) in [6, 6.07) is 12.3. The van der Waals surface area contributed by atoms with Gasteiger partial charge in [0.15, 0.2) is 0 Å². The Hall–Kier alpha value is -1.82. The van der Waals surface area contributed by atoms with Gasteiger partial charge in [0.05, 0.1) is 6.07 Å². The molecule has 0 aliphatic heterocycles. The van der Waals surface area contributed by atoms with Crippen molar-refractivity contribution in [2.45, 2.75) is 50.5 Å². The first-order valence-electron chi connectivity index (χ1n) is 7.00. The maximum absolute atomic E-state index is 12.0. The van der Waals surface area contributed by atoms with Crippen molar-refractivity contribution in [2.24, 2.45) is 0 Å². The highest BCUT2D eigenvalue weighted by Gasteiger charge is 2.33. The van der Waals surface area contributed by atoms with E-state index in [0.29, 0.717) is 6.42 Å². The average Bonchev–Trinajstić information content (AvgIpc) is 2.47. The highest BCUT2D eigenvalue weighted by atomic mass is 16.1. The number of nitrogens with zero attached hydrogens (tertiary/aromatic N) is 1. The lowest BCUT2D eigenvalue weighted by molar-refractivity contribution is -0.122. The molecule has 1 aliphatic carbocycles. The molecule has 0 heterocycles. The molecule has 0 radical (unpaired) electrons. The van der Waals surface area contributed by atoms with Crippen molar-refractivity contribution in [3.05, 3.63) is 35.9 Å². The smallest absolute Gasteiger partial charge is 0.221 e. The second-order valence-corrected chi connectivity index (χ2v) is 5.29. The number of aryl methyl sites for hydroxylation is 1. The summed E-state index contributed by atoms with van der Waals surface area (Å²) in [5, 5.41) is 12.3. The van der Waals surface area contributed by atoms with Crippen LogP contribution in [0.25, 0.3) is 0 Å². The SMILES string of the molecule is N#CC1(NC(=O)CCc2ccccc2)CCCCC1. The van der Waals surface area contributed by atoms with Gasteiger partial charge in [0.1, 0.15) is 5.54 Å². The highest BCUT2D eigenvalue weighted by Crippen LogP contribution is 2.27. The molecule has 1 aromatic rings. The van der Waals surface area contributed by atoms with Gasteiger partial charge in [-0.15, -0.1) is 0 Å². The summed E-state index contributed by atoms with van der Waals surface area (Å²) in [5.41, 5.74) is 0.554. The summed E-state index contributed by atoms with van der Waals surface area (Å²) in [5.74, 6) is -0.00713. The molecule has 0 atom stereocenters. The van der Waals surface area contributed by atoms with Gasteiger partial charge in [-0.2, -0.15) is 5.26 Å². The molecule has 0 saturated heterocycles. The van der Waals surface area contributed by atoms with E-state index >= 15 is 0 Å². The van der Waals surface area contributed by atoms with Crippen LogP contribution in [0.4, 0.5) is 0 Å². The molecule has 100 valence electrons. The van der Waals surface area contributed by atoms with Crippen molar-refractivity contribution in [3.63, 3.8) is 0 Å². The number of benzene rings is 1. The Labute approximate surface area is 114 Å². The predicted octanol–water partition coefficient (Wildman–Crippen LogP) is 2.96. The zero-order chi connectivity index (χ0) is 13.6. The number of rotatable bonds is 4. The fraction of sp³-hybridized carbons (Fsp3) is 0.500. The maximum atomic E-state index is 12.0. The first-order valence-corrected chi connectivity index (χ1v) is 7.00. The third-order valence-electron chi connectivity index (χ3n) is 3.78. The molecule has 2 rings (SSSR count). The molecular formula is C16H20N2O. The van der Waals surface area contributed by atoms with E-state index in [9.17, 15) is 10.1 Å². The van der Waals surface area contributed by atoms with Gasteiger partial charge in [0.25, 0.3) is 0 Å². The highest BCUT2D eigenvalue weighted by molar-refractivity contribution is 5.77. The molecule has 3 heteroatoms. The fourth-order valence-electron chi connectivity index (χ4n) is 2.65. The summed E-state index contributed by atoms with van der Waals surface area (Å²) >= 11 is 0. The molecule has 0 aromatic heterocycles. The Morgan fingerprint density at radius 2 is 1.89 bits per heavy atom. The Morgan fingerprint density at radius 1 is 1.21 bits per heavy atom. The number of amides is 1. The summed E-state index contributed by atoms with van der Waals surface area (Å²) < 4.78 is 0. The van der Waals surface area contributed by atoms with Gasteiger partial charge < -0.3 is 5.32 Å². The molecule has 0 bridgehead atoms. The van der Waals surface area contributed by atoms with E-state index in [0.717, 1.165) is 37.7 Å². The van der Waals surface area contributed by atoms with Gasteiger partial charge in [0, 0.05) is 6.42 Å². The number of hydrogen-bond donors (Lipinski definition) is 1. The van der Waals surface area contributed by atoms with Crippen LogP contribution in [-0.2, 0) is 11.2 Å². The van der Waals surface area contributed by atoms with Crippen molar-refractivity contribution in [1.82, 2.24) is 5.32 Å². The number of nitriles is 1. The van der Waals surface area contributed by atoms with Crippen molar-refractivity contribution < 1.29 is 4.79 Å². The first kappa shape index (κ1) is 13.6. The zero-order valence-electron chi connectivity index (χ0n) is 11.2. The van der Waals surface area contributed by atoms with Gasteiger partial charge in [-0.25, -0.2) is 0 Å². The van der Waals surface area contributed by atoms with Crippen LogP contribution >= 0.6 is 0 Å². The van der Waals surface area contributed by atoms with E-state index in [4.69, 9.17) is 0 Å². The topological polar surface area (TPSA) is 52.9 Å². The molecule has 1 saturated carbocycles. The molecule has 1 aromatic carbocycles. The monoisotopic (exact) mass is 256 g/mol. The number of carbonyl (C=O) groups excluding carboxylic acids is 1. The lowest BCUT2D eigenvalue weighted by Crippen LogP contribution is -2.48. The second-order valence-electron chi connectivity index (χ2n) is 5.29. The van der Waals surface area contributed by atoms with Gasteiger partial charge >= 0.3 is 0 Å². The normalized spacial score (nSPS) is 17.4. The molecule has 3 nitrogen and oxygen atoms in total. The predicted molar refractivity (Wildman–Crippen MR) is 74.3 cm³/mol. The molecular weight excluding hydrogens is 236 g/mol. The molecule has 0 spiro atoms. The second kappa shape index (κ2) is 6.38. The molecule has 19 heavy (non-hydrogen) atoms. The van der Waals surface area contributed by atoms with Crippen LogP contribution in [0.2, 0.25) is 0 Å². The van der Waals surface area contributed by atoms with Gasteiger partial charge in [0.2, 0.25) is 5.91 Å². The first-order chi connectivity index (χ1) is 9.24. The van der Waals surface area contributed by atoms with Crippen LogP contribution < -0.4 is 5.32 Å². The molecule has 1 N–H and O–H groups in total. The summed E-state index contributed by atoms with van der Waals surface area (Å²) in [6.07, 6.45) is 6.01. The van der Waals surface area contributed by atoms with Crippen LogP contribution in [0, 0.1) is 11.3 Å². The van der Waals surface area contributed by atoms with Crippen molar-refractivity contribution in [2.75, 3.05) is 0 Å². The Morgan fingerprint density at radius 3 is 2.53 bits per heavy atom.